The van der Waals surface area contributed by atoms with Crippen molar-refractivity contribution in [3.63, 3.8) is 0 Å². The number of nitrogens with zero attached hydrogens (tertiary/aromatic N) is 1. The topological polar surface area (TPSA) is 66.8 Å². The Morgan fingerprint density at radius 3 is 2.37 bits per heavy atom. The monoisotopic (exact) mass is 485 g/mol. The molecule has 1 unspecified atom stereocenters. The SMILES string of the molecule is COc1ccc(F)cc1/C(O)=C1\C(=O)C(=O)N(Cc2cccc(C(F)(F)F)c2)C1c1ccccc1. The van der Waals surface area contributed by atoms with Crippen LogP contribution in [0.1, 0.15) is 28.3 Å². The molecule has 1 heterocycles. The molecule has 0 aliphatic carbocycles. The van der Waals surface area contributed by atoms with Crippen LogP contribution in [0.2, 0.25) is 0 Å². The highest BCUT2D eigenvalue weighted by Crippen LogP contribution is 2.42. The summed E-state index contributed by atoms with van der Waals surface area (Å²) in [6, 6.07) is 14.9. The number of rotatable bonds is 5. The van der Waals surface area contributed by atoms with E-state index in [0.29, 0.717) is 5.56 Å². The molecule has 4 rings (SSSR count). The average molecular weight is 485 g/mol. The summed E-state index contributed by atoms with van der Waals surface area (Å²) in [5.74, 6) is -3.34. The van der Waals surface area contributed by atoms with Gasteiger partial charge in [-0.3, -0.25) is 9.59 Å². The molecule has 0 radical (unpaired) electrons. The van der Waals surface area contributed by atoms with Crippen molar-refractivity contribution in [3.05, 3.63) is 106 Å². The van der Waals surface area contributed by atoms with Gasteiger partial charge in [-0.1, -0.05) is 42.5 Å². The minimum Gasteiger partial charge on any atom is -0.507 e. The first-order chi connectivity index (χ1) is 16.6. The molecule has 0 bridgehead atoms. The lowest BCUT2D eigenvalue weighted by atomic mass is 9.95. The number of hydrogen-bond acceptors (Lipinski definition) is 4. The van der Waals surface area contributed by atoms with E-state index in [0.717, 1.165) is 29.2 Å². The maximum atomic E-state index is 14.0. The number of carbonyl (C=O) groups is 2. The summed E-state index contributed by atoms with van der Waals surface area (Å²) in [7, 11) is 1.30. The number of likely N-dealkylation sites (tertiary alicyclic amines) is 1. The predicted molar refractivity (Wildman–Crippen MR) is 119 cm³/mol. The molecule has 1 aliphatic rings. The number of methoxy groups -OCH3 is 1. The van der Waals surface area contributed by atoms with E-state index in [1.54, 1.807) is 30.3 Å². The van der Waals surface area contributed by atoms with E-state index in [1.165, 1.54) is 25.3 Å². The summed E-state index contributed by atoms with van der Waals surface area (Å²) in [5.41, 5.74) is -0.767. The maximum absolute atomic E-state index is 14.0. The molecule has 0 aromatic heterocycles. The van der Waals surface area contributed by atoms with Gasteiger partial charge in [0.1, 0.15) is 17.3 Å². The van der Waals surface area contributed by atoms with Gasteiger partial charge in [-0.25, -0.2) is 4.39 Å². The van der Waals surface area contributed by atoms with Crippen LogP contribution in [0, 0.1) is 5.82 Å². The number of Topliss-reactive ketones (excluding diaryl/α,β-unsaturated/α-hetero) is 1. The highest BCUT2D eigenvalue weighted by atomic mass is 19.4. The van der Waals surface area contributed by atoms with Gasteiger partial charge < -0.3 is 14.7 Å². The second-order valence-electron chi connectivity index (χ2n) is 7.88. The number of hydrogen-bond donors (Lipinski definition) is 1. The third-order valence-corrected chi connectivity index (χ3v) is 5.68. The van der Waals surface area contributed by atoms with Crippen LogP contribution in [-0.4, -0.2) is 28.8 Å². The van der Waals surface area contributed by atoms with Crippen LogP contribution in [0.4, 0.5) is 17.6 Å². The van der Waals surface area contributed by atoms with Crippen molar-refractivity contribution < 1.29 is 37.0 Å². The van der Waals surface area contributed by atoms with Crippen molar-refractivity contribution in [2.24, 2.45) is 0 Å². The van der Waals surface area contributed by atoms with E-state index < -0.39 is 41.0 Å². The fraction of sp³-hybridized carbons (Fsp3) is 0.154. The van der Waals surface area contributed by atoms with Gasteiger partial charge in [0, 0.05) is 6.54 Å². The summed E-state index contributed by atoms with van der Waals surface area (Å²) in [5, 5.41) is 11.1. The van der Waals surface area contributed by atoms with Crippen LogP contribution in [-0.2, 0) is 22.3 Å². The van der Waals surface area contributed by atoms with Crippen molar-refractivity contribution in [3.8, 4) is 5.75 Å². The number of carbonyl (C=O) groups excluding carboxylic acids is 2. The number of alkyl halides is 3. The molecule has 5 nitrogen and oxygen atoms in total. The molecular weight excluding hydrogens is 466 g/mol. The number of amides is 1. The summed E-state index contributed by atoms with van der Waals surface area (Å²) in [6.45, 7) is -0.328. The number of ketones is 1. The second-order valence-corrected chi connectivity index (χ2v) is 7.88. The van der Waals surface area contributed by atoms with Crippen molar-refractivity contribution in [1.82, 2.24) is 4.90 Å². The number of benzene rings is 3. The summed E-state index contributed by atoms with van der Waals surface area (Å²) < 4.78 is 58.8. The Kier molecular flexibility index (Phi) is 6.34. The molecule has 9 heteroatoms. The van der Waals surface area contributed by atoms with Gasteiger partial charge >= 0.3 is 6.18 Å². The average Bonchev–Trinajstić information content (AvgIpc) is 3.08. The van der Waals surface area contributed by atoms with Crippen molar-refractivity contribution >= 4 is 17.4 Å². The Labute approximate surface area is 197 Å². The third kappa shape index (κ3) is 4.62. The first-order valence-electron chi connectivity index (χ1n) is 10.4. The number of aliphatic hydroxyl groups is 1. The highest BCUT2D eigenvalue weighted by Gasteiger charge is 2.46. The van der Waals surface area contributed by atoms with Gasteiger partial charge in [0.25, 0.3) is 11.7 Å². The van der Waals surface area contributed by atoms with E-state index >= 15 is 0 Å². The van der Waals surface area contributed by atoms with Gasteiger partial charge in [0.15, 0.2) is 0 Å². The minimum atomic E-state index is -4.59. The second kappa shape index (κ2) is 9.25. The summed E-state index contributed by atoms with van der Waals surface area (Å²) in [6.07, 6.45) is -4.59. The lowest BCUT2D eigenvalue weighted by Gasteiger charge is -2.26. The zero-order valence-corrected chi connectivity index (χ0v) is 18.3. The predicted octanol–water partition coefficient (Wildman–Crippen LogP) is 5.48. The standard InChI is InChI=1S/C26H19F4NO4/c1-35-20-11-10-18(27)13-19(20)23(32)21-22(16-7-3-2-4-8-16)31(25(34)24(21)33)14-15-6-5-9-17(12-15)26(28,29)30/h2-13,22,32H,14H2,1H3/b23-21+. The zero-order valence-electron chi connectivity index (χ0n) is 18.3. The molecule has 1 atom stereocenters. The van der Waals surface area contributed by atoms with E-state index in [1.807, 2.05) is 0 Å². The van der Waals surface area contributed by atoms with Gasteiger partial charge in [-0.15, -0.1) is 0 Å². The Morgan fingerprint density at radius 2 is 1.71 bits per heavy atom. The fourth-order valence-corrected chi connectivity index (χ4v) is 4.08. The molecule has 1 amide bonds. The molecule has 0 spiro atoms. The number of ether oxygens (including phenoxy) is 1. The van der Waals surface area contributed by atoms with Crippen molar-refractivity contribution in [2.75, 3.05) is 7.11 Å². The first kappa shape index (κ1) is 24.0. The molecule has 180 valence electrons. The van der Waals surface area contributed by atoms with Crippen molar-refractivity contribution in [1.29, 1.82) is 0 Å². The van der Waals surface area contributed by atoms with E-state index in [-0.39, 0.29) is 29.0 Å². The largest absolute Gasteiger partial charge is 0.507 e. The molecule has 3 aromatic rings. The van der Waals surface area contributed by atoms with Crippen molar-refractivity contribution in [2.45, 2.75) is 18.8 Å². The van der Waals surface area contributed by atoms with Crippen LogP contribution in [0.25, 0.3) is 5.76 Å². The highest BCUT2D eigenvalue weighted by molar-refractivity contribution is 6.46. The van der Waals surface area contributed by atoms with Crippen LogP contribution in [0.3, 0.4) is 0 Å². The van der Waals surface area contributed by atoms with Crippen LogP contribution in [0.15, 0.2) is 78.4 Å². The number of aliphatic hydroxyl groups excluding tert-OH is 1. The summed E-state index contributed by atoms with van der Waals surface area (Å²) in [4.78, 5) is 27.2. The molecule has 1 fully saturated rings. The van der Waals surface area contributed by atoms with Crippen LogP contribution >= 0.6 is 0 Å². The Morgan fingerprint density at radius 1 is 1.00 bits per heavy atom. The van der Waals surface area contributed by atoms with Crippen LogP contribution < -0.4 is 4.74 Å². The van der Waals surface area contributed by atoms with Crippen LogP contribution in [0.5, 0.6) is 5.75 Å². The molecule has 3 aromatic carbocycles. The van der Waals surface area contributed by atoms with Gasteiger partial charge in [-0.2, -0.15) is 13.2 Å². The Balaban J connectivity index is 1.87. The smallest absolute Gasteiger partial charge is 0.416 e. The van der Waals surface area contributed by atoms with E-state index in [9.17, 15) is 32.3 Å². The zero-order chi connectivity index (χ0) is 25.3. The summed E-state index contributed by atoms with van der Waals surface area (Å²) >= 11 is 0. The number of halogens is 4. The molecule has 1 saturated heterocycles. The molecule has 1 aliphatic heterocycles. The Bertz CT molecular complexity index is 1320. The molecule has 0 saturated carbocycles. The van der Waals surface area contributed by atoms with E-state index in [2.05, 4.69) is 0 Å². The quantitative estimate of drug-likeness (QED) is 0.225. The fourth-order valence-electron chi connectivity index (χ4n) is 4.08. The van der Waals surface area contributed by atoms with E-state index in [4.69, 9.17) is 4.74 Å². The maximum Gasteiger partial charge on any atom is 0.416 e. The lowest BCUT2D eigenvalue weighted by molar-refractivity contribution is -0.140. The lowest BCUT2D eigenvalue weighted by Crippen LogP contribution is -2.29. The van der Waals surface area contributed by atoms with Gasteiger partial charge in [-0.05, 0) is 41.5 Å². The Hall–Kier alpha value is -4.14. The molecular formula is C26H19F4NO4. The first-order valence-corrected chi connectivity index (χ1v) is 10.4. The molecule has 1 N–H and O–H groups in total. The van der Waals surface area contributed by atoms with Gasteiger partial charge in [0.05, 0.1) is 29.9 Å². The minimum absolute atomic E-state index is 0.0692. The third-order valence-electron chi connectivity index (χ3n) is 5.68. The normalized spacial score (nSPS) is 17.6. The molecule has 35 heavy (non-hydrogen) atoms. The van der Waals surface area contributed by atoms with Gasteiger partial charge in [0.2, 0.25) is 0 Å².